The third kappa shape index (κ3) is 1.75. The predicted octanol–water partition coefficient (Wildman–Crippen LogP) is 3.09. The van der Waals surface area contributed by atoms with Crippen LogP contribution in [0.2, 0.25) is 0 Å². The maximum atomic E-state index is 6.18. The largest absolute Gasteiger partial charge is 0.324 e. The van der Waals surface area contributed by atoms with Crippen molar-refractivity contribution in [2.24, 2.45) is 5.73 Å². The van der Waals surface area contributed by atoms with E-state index in [1.54, 1.807) is 0 Å². The van der Waals surface area contributed by atoms with Gasteiger partial charge in [0, 0.05) is 6.04 Å². The molecule has 1 unspecified atom stereocenters. The van der Waals surface area contributed by atoms with Crippen LogP contribution < -0.4 is 5.73 Å². The first-order valence-electron chi connectivity index (χ1n) is 6.44. The van der Waals surface area contributed by atoms with Crippen molar-refractivity contribution in [1.82, 2.24) is 9.55 Å². The van der Waals surface area contributed by atoms with Gasteiger partial charge in [0.05, 0.1) is 17.1 Å². The second-order valence-electron chi connectivity index (χ2n) is 5.08. The Morgan fingerprint density at radius 2 is 2.24 bits per heavy atom. The molecule has 2 aromatic rings. The van der Waals surface area contributed by atoms with Gasteiger partial charge < -0.3 is 10.3 Å². The molecule has 3 heteroatoms. The Morgan fingerprint density at radius 3 is 2.88 bits per heavy atom. The van der Waals surface area contributed by atoms with E-state index in [-0.39, 0.29) is 6.04 Å². The van der Waals surface area contributed by atoms with Crippen molar-refractivity contribution in [2.45, 2.75) is 45.2 Å². The van der Waals surface area contributed by atoms with Gasteiger partial charge in [0.15, 0.2) is 0 Å². The van der Waals surface area contributed by atoms with Gasteiger partial charge in [-0.1, -0.05) is 13.0 Å². The zero-order chi connectivity index (χ0) is 12.0. The molecule has 1 aliphatic carbocycles. The minimum atomic E-state index is 0.0586. The van der Waals surface area contributed by atoms with Crippen LogP contribution in [-0.2, 0) is 0 Å². The number of fused-ring (bicyclic) bond motifs is 1. The van der Waals surface area contributed by atoms with Gasteiger partial charge >= 0.3 is 0 Å². The van der Waals surface area contributed by atoms with Crippen LogP contribution in [0.4, 0.5) is 0 Å². The van der Waals surface area contributed by atoms with Crippen LogP contribution in [0.5, 0.6) is 0 Å². The van der Waals surface area contributed by atoms with E-state index in [9.17, 15) is 0 Å². The van der Waals surface area contributed by atoms with E-state index in [0.29, 0.717) is 6.04 Å². The van der Waals surface area contributed by atoms with Crippen LogP contribution in [0.25, 0.3) is 11.0 Å². The van der Waals surface area contributed by atoms with Crippen molar-refractivity contribution in [3.63, 3.8) is 0 Å². The van der Waals surface area contributed by atoms with Crippen LogP contribution in [-0.4, -0.2) is 9.55 Å². The van der Waals surface area contributed by atoms with E-state index < -0.39 is 0 Å². The monoisotopic (exact) mass is 229 g/mol. The van der Waals surface area contributed by atoms with Crippen LogP contribution in [0.3, 0.4) is 0 Å². The van der Waals surface area contributed by atoms with E-state index in [0.717, 1.165) is 17.8 Å². The summed E-state index contributed by atoms with van der Waals surface area (Å²) < 4.78 is 2.36. The average molecular weight is 229 g/mol. The molecule has 1 aliphatic rings. The Kier molecular flexibility index (Phi) is 2.44. The van der Waals surface area contributed by atoms with E-state index in [2.05, 4.69) is 36.6 Å². The SMILES string of the molecule is CCC(N)c1nc2cc(C)ccc2n1C1CC1. The molecule has 90 valence electrons. The van der Waals surface area contributed by atoms with Gasteiger partial charge in [-0.05, 0) is 43.9 Å². The number of imidazole rings is 1. The van der Waals surface area contributed by atoms with Crippen molar-refractivity contribution < 1.29 is 0 Å². The van der Waals surface area contributed by atoms with E-state index in [4.69, 9.17) is 10.7 Å². The normalized spacial score (nSPS) is 17.6. The van der Waals surface area contributed by atoms with Crippen LogP contribution in [0.15, 0.2) is 18.2 Å². The minimum absolute atomic E-state index is 0.0586. The lowest BCUT2D eigenvalue weighted by atomic mass is 10.2. The molecule has 3 nitrogen and oxygen atoms in total. The summed E-state index contributed by atoms with van der Waals surface area (Å²) in [5.41, 5.74) is 9.78. The second-order valence-corrected chi connectivity index (χ2v) is 5.08. The maximum Gasteiger partial charge on any atom is 0.127 e. The number of aromatic nitrogens is 2. The van der Waals surface area contributed by atoms with E-state index in [1.165, 1.54) is 23.9 Å². The smallest absolute Gasteiger partial charge is 0.127 e. The van der Waals surface area contributed by atoms with Gasteiger partial charge in [0.25, 0.3) is 0 Å². The van der Waals surface area contributed by atoms with Gasteiger partial charge in [0.1, 0.15) is 5.82 Å². The summed E-state index contributed by atoms with van der Waals surface area (Å²) in [5, 5.41) is 0. The number of rotatable bonds is 3. The number of hydrogen-bond donors (Lipinski definition) is 1. The molecule has 0 amide bonds. The average Bonchev–Trinajstić information content (AvgIpc) is 3.09. The van der Waals surface area contributed by atoms with E-state index >= 15 is 0 Å². The number of benzene rings is 1. The number of nitrogens with two attached hydrogens (primary N) is 1. The molecule has 1 aromatic heterocycles. The highest BCUT2D eigenvalue weighted by Crippen LogP contribution is 2.40. The summed E-state index contributed by atoms with van der Waals surface area (Å²) in [7, 11) is 0. The lowest BCUT2D eigenvalue weighted by Crippen LogP contribution is -2.15. The molecule has 1 saturated carbocycles. The molecular weight excluding hydrogens is 210 g/mol. The first-order chi connectivity index (χ1) is 8.20. The molecule has 0 bridgehead atoms. The molecule has 2 N–H and O–H groups in total. The molecule has 0 saturated heterocycles. The van der Waals surface area contributed by atoms with Crippen molar-refractivity contribution >= 4 is 11.0 Å². The molecule has 1 heterocycles. The quantitative estimate of drug-likeness (QED) is 0.879. The fourth-order valence-electron chi connectivity index (χ4n) is 2.39. The first-order valence-corrected chi connectivity index (χ1v) is 6.44. The summed E-state index contributed by atoms with van der Waals surface area (Å²) in [6.45, 7) is 4.22. The summed E-state index contributed by atoms with van der Waals surface area (Å²) >= 11 is 0. The summed E-state index contributed by atoms with van der Waals surface area (Å²) in [6.07, 6.45) is 3.47. The fourth-order valence-corrected chi connectivity index (χ4v) is 2.39. The highest BCUT2D eigenvalue weighted by atomic mass is 15.1. The Labute approximate surface area is 102 Å². The van der Waals surface area contributed by atoms with Crippen LogP contribution >= 0.6 is 0 Å². The van der Waals surface area contributed by atoms with Crippen LogP contribution in [0, 0.1) is 6.92 Å². The van der Waals surface area contributed by atoms with Crippen LogP contribution in [0.1, 0.15) is 49.7 Å². The summed E-state index contributed by atoms with van der Waals surface area (Å²) in [4.78, 5) is 4.74. The van der Waals surface area contributed by atoms with Gasteiger partial charge in [-0.25, -0.2) is 4.98 Å². The van der Waals surface area contributed by atoms with Crippen molar-refractivity contribution in [2.75, 3.05) is 0 Å². The molecular formula is C14H19N3. The third-order valence-corrected chi connectivity index (χ3v) is 3.56. The minimum Gasteiger partial charge on any atom is -0.324 e. The van der Waals surface area contributed by atoms with Crippen molar-refractivity contribution in [3.8, 4) is 0 Å². The molecule has 0 radical (unpaired) electrons. The van der Waals surface area contributed by atoms with Crippen molar-refractivity contribution in [1.29, 1.82) is 0 Å². The Hall–Kier alpha value is -1.35. The molecule has 3 rings (SSSR count). The highest BCUT2D eigenvalue weighted by Gasteiger charge is 2.29. The number of hydrogen-bond acceptors (Lipinski definition) is 2. The molecule has 0 aliphatic heterocycles. The van der Waals surface area contributed by atoms with Gasteiger partial charge in [-0.3, -0.25) is 0 Å². The zero-order valence-corrected chi connectivity index (χ0v) is 10.5. The predicted molar refractivity (Wildman–Crippen MR) is 70.0 cm³/mol. The molecule has 1 aromatic carbocycles. The Morgan fingerprint density at radius 1 is 1.47 bits per heavy atom. The maximum absolute atomic E-state index is 6.18. The Balaban J connectivity index is 2.22. The number of aryl methyl sites for hydroxylation is 1. The van der Waals surface area contributed by atoms with Gasteiger partial charge in [0.2, 0.25) is 0 Å². The van der Waals surface area contributed by atoms with E-state index in [1.807, 2.05) is 0 Å². The Bertz CT molecular complexity index is 552. The standard InChI is InChI=1S/C14H19N3/c1-3-11(15)14-16-12-8-9(2)4-7-13(12)17(14)10-5-6-10/h4,7-8,10-11H,3,5-6,15H2,1-2H3. The topological polar surface area (TPSA) is 43.8 Å². The lowest BCUT2D eigenvalue weighted by Gasteiger charge is -2.12. The highest BCUT2D eigenvalue weighted by molar-refractivity contribution is 5.77. The number of nitrogens with zero attached hydrogens (tertiary/aromatic N) is 2. The lowest BCUT2D eigenvalue weighted by molar-refractivity contribution is 0.590. The van der Waals surface area contributed by atoms with Gasteiger partial charge in [-0.15, -0.1) is 0 Å². The van der Waals surface area contributed by atoms with Crippen molar-refractivity contribution in [3.05, 3.63) is 29.6 Å². The summed E-state index contributed by atoms with van der Waals surface area (Å²) in [6, 6.07) is 7.19. The third-order valence-electron chi connectivity index (χ3n) is 3.56. The molecule has 17 heavy (non-hydrogen) atoms. The summed E-state index contributed by atoms with van der Waals surface area (Å²) in [5.74, 6) is 1.07. The molecule has 0 spiro atoms. The second kappa shape index (κ2) is 3.84. The molecule has 1 fully saturated rings. The fraction of sp³-hybridized carbons (Fsp3) is 0.500. The molecule has 1 atom stereocenters. The first kappa shape index (κ1) is 10.8. The van der Waals surface area contributed by atoms with Gasteiger partial charge in [-0.2, -0.15) is 0 Å². The zero-order valence-electron chi connectivity index (χ0n) is 10.5.